The van der Waals surface area contributed by atoms with Gasteiger partial charge < -0.3 is 14.6 Å². The summed E-state index contributed by atoms with van der Waals surface area (Å²) in [6.07, 6.45) is -0.388. The second-order valence-corrected chi connectivity index (χ2v) is 4.83. The molecule has 2 unspecified atom stereocenters. The van der Waals surface area contributed by atoms with Crippen LogP contribution in [0.5, 0.6) is 5.75 Å². The summed E-state index contributed by atoms with van der Waals surface area (Å²) in [5, 5.41) is 9.71. The topological polar surface area (TPSA) is 55.8 Å². The van der Waals surface area contributed by atoms with E-state index >= 15 is 0 Å². The number of hydrogen-bond donors (Lipinski definition) is 1. The van der Waals surface area contributed by atoms with Crippen molar-refractivity contribution < 1.29 is 19.4 Å². The van der Waals surface area contributed by atoms with Crippen LogP contribution >= 0.6 is 15.9 Å². The summed E-state index contributed by atoms with van der Waals surface area (Å²) < 4.78 is 11.1. The molecule has 0 saturated heterocycles. The summed E-state index contributed by atoms with van der Waals surface area (Å²) in [5.41, 5.74) is 1.08. The van der Waals surface area contributed by atoms with Gasteiger partial charge in [-0.1, -0.05) is 15.9 Å². The van der Waals surface area contributed by atoms with Crippen molar-refractivity contribution in [1.82, 2.24) is 0 Å². The van der Waals surface area contributed by atoms with E-state index in [9.17, 15) is 9.90 Å². The molecule has 0 bridgehead atoms. The molecule has 2 rings (SSSR count). The largest absolute Gasteiger partial charge is 0.487 e. The van der Waals surface area contributed by atoms with Crippen LogP contribution in [0.15, 0.2) is 22.7 Å². The second-order valence-electron chi connectivity index (χ2n) is 3.92. The van der Waals surface area contributed by atoms with Crippen molar-refractivity contribution in [3.8, 4) is 5.75 Å². The average molecular weight is 301 g/mol. The van der Waals surface area contributed by atoms with Crippen LogP contribution < -0.4 is 4.74 Å². The summed E-state index contributed by atoms with van der Waals surface area (Å²) in [7, 11) is 1.25. The van der Waals surface area contributed by atoms with Crippen molar-refractivity contribution in [2.75, 3.05) is 7.11 Å². The van der Waals surface area contributed by atoms with Gasteiger partial charge >= 0.3 is 5.97 Å². The lowest BCUT2D eigenvalue weighted by Gasteiger charge is -2.28. The molecule has 1 aromatic carbocycles. The third-order valence-electron chi connectivity index (χ3n) is 2.79. The predicted octanol–water partition coefficient (Wildman–Crippen LogP) is 1.68. The van der Waals surface area contributed by atoms with Crippen molar-refractivity contribution in [3.63, 3.8) is 0 Å². The molecular weight excluding hydrogens is 288 g/mol. The molecule has 1 aliphatic rings. The first-order chi connectivity index (χ1) is 8.11. The van der Waals surface area contributed by atoms with Gasteiger partial charge in [0, 0.05) is 4.47 Å². The minimum atomic E-state index is -1.23. The maximum atomic E-state index is 11.2. The molecule has 0 aromatic heterocycles. The number of fused-ring (bicyclic) bond motifs is 1. The molecule has 92 valence electrons. The zero-order valence-corrected chi connectivity index (χ0v) is 10.9. The van der Waals surface area contributed by atoms with E-state index in [0.717, 1.165) is 16.5 Å². The van der Waals surface area contributed by atoms with Gasteiger partial charge in [0.05, 0.1) is 7.11 Å². The Morgan fingerprint density at radius 2 is 2.41 bits per heavy atom. The zero-order chi connectivity index (χ0) is 12.4. The molecule has 1 heterocycles. The molecule has 1 aliphatic heterocycles. The van der Waals surface area contributed by atoms with Crippen LogP contribution in [-0.4, -0.2) is 30.4 Å². The van der Waals surface area contributed by atoms with Gasteiger partial charge in [-0.2, -0.15) is 0 Å². The molecule has 17 heavy (non-hydrogen) atoms. The molecule has 0 saturated carbocycles. The highest BCUT2D eigenvalue weighted by Crippen LogP contribution is 2.31. The SMILES string of the molecule is COC(=O)C(O)C1CCc2cc(Br)ccc2O1. The molecular formula is C12H13BrO4. The molecule has 0 amide bonds. The van der Waals surface area contributed by atoms with E-state index in [0.29, 0.717) is 12.2 Å². The van der Waals surface area contributed by atoms with Crippen LogP contribution in [0, 0.1) is 0 Å². The minimum Gasteiger partial charge on any atom is -0.487 e. The van der Waals surface area contributed by atoms with E-state index in [1.165, 1.54) is 7.11 Å². The lowest BCUT2D eigenvalue weighted by atomic mass is 9.99. The fraction of sp³-hybridized carbons (Fsp3) is 0.417. The number of carbonyl (C=O) groups excluding carboxylic acids is 1. The number of esters is 1. The van der Waals surface area contributed by atoms with Gasteiger partial charge in [-0.15, -0.1) is 0 Å². The number of hydrogen-bond acceptors (Lipinski definition) is 4. The molecule has 1 aromatic rings. The van der Waals surface area contributed by atoms with Gasteiger partial charge in [0.15, 0.2) is 6.10 Å². The Hall–Kier alpha value is -1.07. The Morgan fingerprint density at radius 1 is 1.65 bits per heavy atom. The summed E-state index contributed by atoms with van der Waals surface area (Å²) in [6.45, 7) is 0. The highest BCUT2D eigenvalue weighted by molar-refractivity contribution is 9.10. The predicted molar refractivity (Wildman–Crippen MR) is 64.9 cm³/mol. The number of halogens is 1. The zero-order valence-electron chi connectivity index (χ0n) is 9.35. The first kappa shape index (κ1) is 12.4. The fourth-order valence-corrected chi connectivity index (χ4v) is 2.28. The van der Waals surface area contributed by atoms with Crippen molar-refractivity contribution in [1.29, 1.82) is 0 Å². The Kier molecular flexibility index (Phi) is 3.69. The van der Waals surface area contributed by atoms with E-state index in [2.05, 4.69) is 20.7 Å². The molecule has 4 nitrogen and oxygen atoms in total. The van der Waals surface area contributed by atoms with Gasteiger partial charge in [0.1, 0.15) is 11.9 Å². The highest BCUT2D eigenvalue weighted by atomic mass is 79.9. The van der Waals surface area contributed by atoms with Gasteiger partial charge in [-0.25, -0.2) is 4.79 Å². The Bertz CT molecular complexity index is 433. The first-order valence-corrected chi connectivity index (χ1v) is 6.12. The summed E-state index contributed by atoms with van der Waals surface area (Å²) >= 11 is 3.39. The summed E-state index contributed by atoms with van der Waals surface area (Å²) in [4.78, 5) is 11.2. The monoisotopic (exact) mass is 300 g/mol. The lowest BCUT2D eigenvalue weighted by Crippen LogP contribution is -2.40. The van der Waals surface area contributed by atoms with E-state index in [1.807, 2.05) is 18.2 Å². The summed E-state index contributed by atoms with van der Waals surface area (Å²) in [6, 6.07) is 5.68. The Morgan fingerprint density at radius 3 is 3.12 bits per heavy atom. The van der Waals surface area contributed by atoms with Crippen LogP contribution in [0.1, 0.15) is 12.0 Å². The average Bonchev–Trinajstić information content (AvgIpc) is 2.36. The van der Waals surface area contributed by atoms with Crippen LogP contribution in [0.2, 0.25) is 0 Å². The number of aryl methyl sites for hydroxylation is 1. The second kappa shape index (κ2) is 5.06. The minimum absolute atomic E-state index is 0.531. The van der Waals surface area contributed by atoms with Crippen LogP contribution in [-0.2, 0) is 16.0 Å². The van der Waals surface area contributed by atoms with E-state index in [4.69, 9.17) is 4.74 Å². The van der Waals surface area contributed by atoms with Gasteiger partial charge in [0.2, 0.25) is 0 Å². The van der Waals surface area contributed by atoms with Crippen molar-refractivity contribution in [3.05, 3.63) is 28.2 Å². The molecule has 5 heteroatoms. The van der Waals surface area contributed by atoms with Crippen LogP contribution in [0.4, 0.5) is 0 Å². The number of ether oxygens (including phenoxy) is 2. The molecule has 0 aliphatic carbocycles. The normalized spacial score (nSPS) is 20.1. The number of rotatable bonds is 2. The number of aliphatic hydroxyl groups excluding tert-OH is 1. The van der Waals surface area contributed by atoms with E-state index in [-0.39, 0.29) is 0 Å². The van der Waals surface area contributed by atoms with Crippen molar-refractivity contribution >= 4 is 21.9 Å². The molecule has 0 radical (unpaired) electrons. The van der Waals surface area contributed by atoms with Gasteiger partial charge in [0.25, 0.3) is 0 Å². The number of benzene rings is 1. The Labute approximate surface area is 108 Å². The maximum absolute atomic E-state index is 11.2. The van der Waals surface area contributed by atoms with Crippen molar-refractivity contribution in [2.45, 2.75) is 25.0 Å². The fourth-order valence-electron chi connectivity index (χ4n) is 1.87. The molecule has 1 N–H and O–H groups in total. The molecule has 0 fully saturated rings. The Balaban J connectivity index is 2.13. The number of methoxy groups -OCH3 is 1. The molecule has 0 spiro atoms. The molecule has 2 atom stereocenters. The van der Waals surface area contributed by atoms with Gasteiger partial charge in [-0.05, 0) is 36.6 Å². The quantitative estimate of drug-likeness (QED) is 0.844. The van der Waals surface area contributed by atoms with E-state index in [1.54, 1.807) is 0 Å². The highest BCUT2D eigenvalue weighted by Gasteiger charge is 2.31. The van der Waals surface area contributed by atoms with Crippen LogP contribution in [0.25, 0.3) is 0 Å². The smallest absolute Gasteiger partial charge is 0.338 e. The summed E-state index contributed by atoms with van der Waals surface area (Å²) in [5.74, 6) is 0.0583. The lowest BCUT2D eigenvalue weighted by molar-refractivity contribution is -0.156. The van der Waals surface area contributed by atoms with Gasteiger partial charge in [-0.3, -0.25) is 0 Å². The van der Waals surface area contributed by atoms with Crippen molar-refractivity contribution in [2.24, 2.45) is 0 Å². The third-order valence-corrected chi connectivity index (χ3v) is 3.29. The third kappa shape index (κ3) is 2.61. The number of carbonyl (C=O) groups is 1. The number of aliphatic hydroxyl groups is 1. The standard InChI is InChI=1S/C12H13BrO4/c1-16-12(15)11(14)10-4-2-7-6-8(13)3-5-9(7)17-10/h3,5-6,10-11,14H,2,4H2,1H3. The van der Waals surface area contributed by atoms with E-state index < -0.39 is 18.2 Å². The first-order valence-electron chi connectivity index (χ1n) is 5.33. The van der Waals surface area contributed by atoms with Crippen LogP contribution in [0.3, 0.4) is 0 Å². The maximum Gasteiger partial charge on any atom is 0.338 e.